The second-order valence-electron chi connectivity index (χ2n) is 4.66. The van der Waals surface area contributed by atoms with Crippen molar-refractivity contribution in [3.05, 3.63) is 65.8 Å². The SMILES string of the molecule is C[C@H](Nc1ccc(Cl)cn1)c1ccc(-n2cncn2)cc1. The van der Waals surface area contributed by atoms with Gasteiger partial charge in [-0.05, 0) is 36.8 Å². The van der Waals surface area contributed by atoms with Crippen molar-refractivity contribution in [2.75, 3.05) is 5.32 Å². The van der Waals surface area contributed by atoms with E-state index in [-0.39, 0.29) is 6.04 Å². The van der Waals surface area contributed by atoms with E-state index in [0.29, 0.717) is 5.02 Å². The molecular formula is C15H14ClN5. The minimum Gasteiger partial charge on any atom is -0.364 e. The molecule has 0 spiro atoms. The number of halogens is 1. The molecule has 0 amide bonds. The van der Waals surface area contributed by atoms with Gasteiger partial charge in [-0.3, -0.25) is 0 Å². The van der Waals surface area contributed by atoms with Crippen molar-refractivity contribution < 1.29 is 0 Å². The van der Waals surface area contributed by atoms with E-state index in [4.69, 9.17) is 11.6 Å². The summed E-state index contributed by atoms with van der Waals surface area (Å²) in [6.07, 6.45) is 4.82. The van der Waals surface area contributed by atoms with Gasteiger partial charge in [0.25, 0.3) is 0 Å². The monoisotopic (exact) mass is 299 g/mol. The highest BCUT2D eigenvalue weighted by Crippen LogP contribution is 2.20. The Morgan fingerprint density at radius 3 is 2.57 bits per heavy atom. The molecule has 0 aliphatic carbocycles. The van der Waals surface area contributed by atoms with Gasteiger partial charge in [-0.25, -0.2) is 14.6 Å². The van der Waals surface area contributed by atoms with Crippen LogP contribution in [0.3, 0.4) is 0 Å². The zero-order valence-electron chi connectivity index (χ0n) is 11.4. The summed E-state index contributed by atoms with van der Waals surface area (Å²) < 4.78 is 1.72. The smallest absolute Gasteiger partial charge is 0.138 e. The van der Waals surface area contributed by atoms with Crippen molar-refractivity contribution in [1.82, 2.24) is 19.7 Å². The average molecular weight is 300 g/mol. The molecule has 0 aliphatic rings. The van der Waals surface area contributed by atoms with Crippen LogP contribution >= 0.6 is 11.6 Å². The molecule has 0 radical (unpaired) electrons. The molecule has 0 aliphatic heterocycles. The van der Waals surface area contributed by atoms with Crippen LogP contribution in [-0.2, 0) is 0 Å². The van der Waals surface area contributed by atoms with Crippen LogP contribution in [0.1, 0.15) is 18.5 Å². The molecule has 1 aromatic carbocycles. The lowest BCUT2D eigenvalue weighted by atomic mass is 10.1. The summed E-state index contributed by atoms with van der Waals surface area (Å²) >= 11 is 5.83. The van der Waals surface area contributed by atoms with Crippen LogP contribution in [0.15, 0.2) is 55.2 Å². The van der Waals surface area contributed by atoms with E-state index >= 15 is 0 Å². The third kappa shape index (κ3) is 3.20. The van der Waals surface area contributed by atoms with Crippen LogP contribution in [0, 0.1) is 0 Å². The Bertz CT molecular complexity index is 692. The summed E-state index contributed by atoms with van der Waals surface area (Å²) in [6, 6.07) is 12.0. The van der Waals surface area contributed by atoms with Gasteiger partial charge in [0.1, 0.15) is 18.5 Å². The van der Waals surface area contributed by atoms with Gasteiger partial charge >= 0.3 is 0 Å². The first kappa shape index (κ1) is 13.6. The molecule has 0 fully saturated rings. The van der Waals surface area contributed by atoms with Crippen molar-refractivity contribution >= 4 is 17.4 Å². The zero-order valence-corrected chi connectivity index (χ0v) is 12.2. The van der Waals surface area contributed by atoms with Crippen LogP contribution in [0.4, 0.5) is 5.82 Å². The third-order valence-corrected chi connectivity index (χ3v) is 3.39. The molecule has 0 unspecified atom stereocenters. The van der Waals surface area contributed by atoms with E-state index < -0.39 is 0 Å². The topological polar surface area (TPSA) is 55.6 Å². The number of hydrogen-bond donors (Lipinski definition) is 1. The third-order valence-electron chi connectivity index (χ3n) is 3.17. The van der Waals surface area contributed by atoms with Crippen LogP contribution < -0.4 is 5.32 Å². The fourth-order valence-electron chi connectivity index (χ4n) is 2.02. The molecule has 1 atom stereocenters. The highest BCUT2D eigenvalue weighted by Gasteiger charge is 2.06. The molecule has 3 aromatic rings. The maximum absolute atomic E-state index is 5.83. The van der Waals surface area contributed by atoms with Crippen molar-refractivity contribution in [3.63, 3.8) is 0 Å². The van der Waals surface area contributed by atoms with Crippen molar-refractivity contribution in [2.45, 2.75) is 13.0 Å². The molecule has 0 saturated heterocycles. The molecule has 1 N–H and O–H groups in total. The van der Waals surface area contributed by atoms with E-state index in [2.05, 4.69) is 39.4 Å². The molecule has 0 saturated carbocycles. The number of hydrogen-bond acceptors (Lipinski definition) is 4. The Morgan fingerprint density at radius 2 is 1.95 bits per heavy atom. The molecule has 106 valence electrons. The highest BCUT2D eigenvalue weighted by molar-refractivity contribution is 6.30. The number of aromatic nitrogens is 4. The van der Waals surface area contributed by atoms with Crippen molar-refractivity contribution in [3.8, 4) is 5.69 Å². The summed E-state index contributed by atoms with van der Waals surface area (Å²) in [4.78, 5) is 8.18. The highest BCUT2D eigenvalue weighted by atomic mass is 35.5. The molecule has 2 aromatic heterocycles. The molecular weight excluding hydrogens is 286 g/mol. The van der Waals surface area contributed by atoms with E-state index in [9.17, 15) is 0 Å². The lowest BCUT2D eigenvalue weighted by Gasteiger charge is -2.15. The van der Waals surface area contributed by atoms with Gasteiger partial charge in [0.05, 0.1) is 10.7 Å². The lowest BCUT2D eigenvalue weighted by Crippen LogP contribution is -2.08. The van der Waals surface area contributed by atoms with E-state index in [1.165, 1.54) is 6.33 Å². The maximum Gasteiger partial charge on any atom is 0.138 e. The van der Waals surface area contributed by atoms with Crippen LogP contribution in [-0.4, -0.2) is 19.7 Å². The summed E-state index contributed by atoms with van der Waals surface area (Å²) in [7, 11) is 0. The first-order valence-corrected chi connectivity index (χ1v) is 6.93. The molecule has 5 nitrogen and oxygen atoms in total. The number of nitrogens with zero attached hydrogens (tertiary/aromatic N) is 4. The molecule has 3 rings (SSSR count). The summed E-state index contributed by atoms with van der Waals surface area (Å²) in [5, 5.41) is 8.07. The Morgan fingerprint density at radius 1 is 1.14 bits per heavy atom. The fourth-order valence-corrected chi connectivity index (χ4v) is 2.14. The summed E-state index contributed by atoms with van der Waals surface area (Å²) in [5.41, 5.74) is 2.14. The molecule has 6 heteroatoms. The van der Waals surface area contributed by atoms with Crippen molar-refractivity contribution in [2.24, 2.45) is 0 Å². The summed E-state index contributed by atoms with van der Waals surface area (Å²) in [5.74, 6) is 0.798. The van der Waals surface area contributed by atoms with E-state index in [1.807, 2.05) is 24.3 Å². The van der Waals surface area contributed by atoms with Gasteiger partial charge in [0.15, 0.2) is 0 Å². The largest absolute Gasteiger partial charge is 0.364 e. The Labute approximate surface area is 127 Å². The molecule has 21 heavy (non-hydrogen) atoms. The predicted molar refractivity (Wildman–Crippen MR) is 82.6 cm³/mol. The second kappa shape index (κ2) is 5.93. The standard InChI is InChI=1S/C15H14ClN5/c1-11(20-15-7-4-13(16)8-18-15)12-2-5-14(6-3-12)21-10-17-9-19-21/h2-11H,1H3,(H,18,20)/t11-/m0/s1. The zero-order chi connectivity index (χ0) is 14.7. The predicted octanol–water partition coefficient (Wildman–Crippen LogP) is 3.49. The minimum absolute atomic E-state index is 0.142. The lowest BCUT2D eigenvalue weighted by molar-refractivity contribution is 0.858. The van der Waals surface area contributed by atoms with Crippen LogP contribution in [0.25, 0.3) is 5.69 Å². The van der Waals surface area contributed by atoms with Crippen LogP contribution in [0.2, 0.25) is 5.02 Å². The van der Waals surface area contributed by atoms with Crippen LogP contribution in [0.5, 0.6) is 0 Å². The summed E-state index contributed by atoms with van der Waals surface area (Å²) in [6.45, 7) is 2.08. The maximum atomic E-state index is 5.83. The molecule has 2 heterocycles. The van der Waals surface area contributed by atoms with Gasteiger partial charge < -0.3 is 5.32 Å². The fraction of sp³-hybridized carbons (Fsp3) is 0.133. The van der Waals surface area contributed by atoms with E-state index in [1.54, 1.807) is 17.2 Å². The number of nitrogens with one attached hydrogen (secondary N) is 1. The Hall–Kier alpha value is -2.40. The number of benzene rings is 1. The normalized spacial score (nSPS) is 12.1. The van der Waals surface area contributed by atoms with Gasteiger partial charge in [-0.2, -0.15) is 5.10 Å². The second-order valence-corrected chi connectivity index (χ2v) is 5.10. The average Bonchev–Trinajstić information content (AvgIpc) is 3.04. The Kier molecular flexibility index (Phi) is 3.83. The molecule has 0 bridgehead atoms. The first-order chi connectivity index (χ1) is 10.2. The minimum atomic E-state index is 0.142. The van der Waals surface area contributed by atoms with Gasteiger partial charge in [0.2, 0.25) is 0 Å². The van der Waals surface area contributed by atoms with Gasteiger partial charge in [-0.15, -0.1) is 0 Å². The Balaban J connectivity index is 1.73. The van der Waals surface area contributed by atoms with Gasteiger partial charge in [0, 0.05) is 12.2 Å². The van der Waals surface area contributed by atoms with Gasteiger partial charge in [-0.1, -0.05) is 23.7 Å². The number of rotatable bonds is 4. The van der Waals surface area contributed by atoms with E-state index in [0.717, 1.165) is 17.1 Å². The number of pyridine rings is 1. The first-order valence-electron chi connectivity index (χ1n) is 6.55. The quantitative estimate of drug-likeness (QED) is 0.801. The number of anilines is 1. The van der Waals surface area contributed by atoms with Crippen molar-refractivity contribution in [1.29, 1.82) is 0 Å².